The van der Waals surface area contributed by atoms with Crippen molar-refractivity contribution in [1.29, 1.82) is 0 Å². The summed E-state index contributed by atoms with van der Waals surface area (Å²) in [6.45, 7) is 0. The first kappa shape index (κ1) is 15.6. The van der Waals surface area contributed by atoms with Crippen LogP contribution in [0.15, 0.2) is 24.3 Å². The summed E-state index contributed by atoms with van der Waals surface area (Å²) in [5, 5.41) is 13.5. The molecule has 20 heavy (non-hydrogen) atoms. The molecule has 0 fully saturated rings. The van der Waals surface area contributed by atoms with Crippen molar-refractivity contribution in [2.24, 2.45) is 5.73 Å². The van der Waals surface area contributed by atoms with Gasteiger partial charge >= 0.3 is 5.97 Å². The predicted octanol–water partition coefficient (Wildman–Crippen LogP) is 0.177. The molecule has 1 rings (SSSR count). The van der Waals surface area contributed by atoms with E-state index in [1.807, 2.05) is 0 Å². The fraction of sp³-hybridized carbons (Fsp3) is 0.308. The van der Waals surface area contributed by atoms with Crippen molar-refractivity contribution < 1.29 is 19.5 Å². The largest absolute Gasteiger partial charge is 0.481 e. The van der Waals surface area contributed by atoms with E-state index in [9.17, 15) is 14.4 Å². The summed E-state index contributed by atoms with van der Waals surface area (Å²) in [5.74, 6) is -1.87. The molecule has 0 spiro atoms. The molecule has 0 aliphatic carbocycles. The Labute approximate surface area is 116 Å². The van der Waals surface area contributed by atoms with Gasteiger partial charge in [-0.1, -0.05) is 12.1 Å². The number of anilines is 1. The highest BCUT2D eigenvalue weighted by Crippen LogP contribution is 2.15. The Morgan fingerprint density at radius 1 is 1.30 bits per heavy atom. The third kappa shape index (κ3) is 4.36. The second-order valence-electron chi connectivity index (χ2n) is 4.15. The number of carboxylic acid groups (broad SMARTS) is 1. The second-order valence-corrected chi connectivity index (χ2v) is 4.15. The topological polar surface area (TPSA) is 122 Å². The molecule has 0 aliphatic rings. The van der Waals surface area contributed by atoms with E-state index in [2.05, 4.69) is 10.6 Å². The highest BCUT2D eigenvalue weighted by molar-refractivity contribution is 6.04. The van der Waals surface area contributed by atoms with Crippen LogP contribution < -0.4 is 16.4 Å². The molecule has 0 bridgehead atoms. The Hall–Kier alpha value is -2.41. The molecule has 7 nitrogen and oxygen atoms in total. The molecule has 0 saturated heterocycles. The third-order valence-electron chi connectivity index (χ3n) is 2.66. The van der Waals surface area contributed by atoms with E-state index in [-0.39, 0.29) is 18.7 Å². The Balaban J connectivity index is 2.75. The number of hydrogen-bond acceptors (Lipinski definition) is 4. The number of benzene rings is 1. The molecular formula is C13H17N3O4. The van der Waals surface area contributed by atoms with Gasteiger partial charge in [-0.15, -0.1) is 0 Å². The van der Waals surface area contributed by atoms with Crippen LogP contribution in [0.1, 0.15) is 23.2 Å². The van der Waals surface area contributed by atoms with Gasteiger partial charge in [0.1, 0.15) is 0 Å². The Kier molecular flexibility index (Phi) is 5.67. The minimum absolute atomic E-state index is 0.0311. The molecule has 7 heteroatoms. The zero-order valence-corrected chi connectivity index (χ0v) is 11.1. The molecular weight excluding hydrogens is 262 g/mol. The van der Waals surface area contributed by atoms with E-state index in [4.69, 9.17) is 10.8 Å². The van der Waals surface area contributed by atoms with Crippen LogP contribution in [0, 0.1) is 0 Å². The molecule has 1 aromatic rings. The molecule has 0 heterocycles. The van der Waals surface area contributed by atoms with Gasteiger partial charge in [0.25, 0.3) is 5.91 Å². The van der Waals surface area contributed by atoms with E-state index in [0.29, 0.717) is 11.3 Å². The maximum atomic E-state index is 11.8. The van der Waals surface area contributed by atoms with E-state index in [0.717, 1.165) is 0 Å². The SMILES string of the molecule is CNC(=O)c1ccccc1NC(=O)C(N)CCC(=O)O. The molecule has 1 unspecified atom stereocenters. The molecule has 0 aliphatic heterocycles. The number of carbonyl (C=O) groups excluding carboxylic acids is 2. The van der Waals surface area contributed by atoms with Crippen LogP contribution in [0.4, 0.5) is 5.69 Å². The van der Waals surface area contributed by atoms with Crippen LogP contribution in [0.5, 0.6) is 0 Å². The minimum Gasteiger partial charge on any atom is -0.481 e. The smallest absolute Gasteiger partial charge is 0.303 e. The summed E-state index contributed by atoms with van der Waals surface area (Å²) in [6, 6.07) is 5.54. The van der Waals surface area contributed by atoms with Crippen molar-refractivity contribution in [3.8, 4) is 0 Å². The summed E-state index contributed by atoms with van der Waals surface area (Å²) in [7, 11) is 1.49. The maximum absolute atomic E-state index is 11.8. The zero-order chi connectivity index (χ0) is 15.1. The highest BCUT2D eigenvalue weighted by atomic mass is 16.4. The number of carbonyl (C=O) groups is 3. The summed E-state index contributed by atoms with van der Waals surface area (Å²) in [6.07, 6.45) is -0.158. The number of hydrogen-bond donors (Lipinski definition) is 4. The van der Waals surface area contributed by atoms with Crippen LogP contribution in [0.2, 0.25) is 0 Å². The van der Waals surface area contributed by atoms with Gasteiger partial charge in [0.2, 0.25) is 5.91 Å². The van der Waals surface area contributed by atoms with Gasteiger partial charge < -0.3 is 21.5 Å². The Bertz CT molecular complexity index is 516. The summed E-state index contributed by atoms with van der Waals surface area (Å²) < 4.78 is 0. The Morgan fingerprint density at radius 3 is 2.55 bits per heavy atom. The summed E-state index contributed by atoms with van der Waals surface area (Å²) in [5.41, 5.74) is 6.25. The lowest BCUT2D eigenvalue weighted by molar-refractivity contribution is -0.137. The normalized spacial score (nSPS) is 11.5. The number of para-hydroxylation sites is 1. The maximum Gasteiger partial charge on any atom is 0.303 e. The van der Waals surface area contributed by atoms with E-state index < -0.39 is 17.9 Å². The second kappa shape index (κ2) is 7.25. The van der Waals surface area contributed by atoms with Gasteiger partial charge in [0.15, 0.2) is 0 Å². The Morgan fingerprint density at radius 2 is 1.95 bits per heavy atom. The first-order chi connectivity index (χ1) is 9.45. The lowest BCUT2D eigenvalue weighted by Gasteiger charge is -2.13. The quantitative estimate of drug-likeness (QED) is 0.591. The van der Waals surface area contributed by atoms with Gasteiger partial charge in [-0.05, 0) is 18.6 Å². The number of aliphatic carboxylic acids is 1. The average Bonchev–Trinajstić information content (AvgIpc) is 2.44. The lowest BCUT2D eigenvalue weighted by atomic mass is 10.1. The molecule has 1 aromatic carbocycles. The molecule has 5 N–H and O–H groups in total. The van der Waals surface area contributed by atoms with Gasteiger partial charge in [0.05, 0.1) is 17.3 Å². The average molecular weight is 279 g/mol. The van der Waals surface area contributed by atoms with E-state index in [1.54, 1.807) is 24.3 Å². The molecule has 1 atom stereocenters. The molecule has 2 amide bonds. The molecule has 108 valence electrons. The van der Waals surface area contributed by atoms with Crippen molar-refractivity contribution in [3.63, 3.8) is 0 Å². The fourth-order valence-electron chi connectivity index (χ4n) is 1.56. The van der Waals surface area contributed by atoms with Gasteiger partial charge in [0, 0.05) is 13.5 Å². The van der Waals surface area contributed by atoms with Crippen molar-refractivity contribution in [1.82, 2.24) is 5.32 Å². The van der Waals surface area contributed by atoms with Gasteiger partial charge in [-0.2, -0.15) is 0 Å². The fourth-order valence-corrected chi connectivity index (χ4v) is 1.56. The van der Waals surface area contributed by atoms with E-state index in [1.165, 1.54) is 7.05 Å². The van der Waals surface area contributed by atoms with Crippen LogP contribution in [0.3, 0.4) is 0 Å². The number of carboxylic acids is 1. The van der Waals surface area contributed by atoms with Gasteiger partial charge in [-0.3, -0.25) is 14.4 Å². The number of amides is 2. The monoisotopic (exact) mass is 279 g/mol. The van der Waals surface area contributed by atoms with Crippen LogP contribution in [-0.4, -0.2) is 36.0 Å². The van der Waals surface area contributed by atoms with Crippen LogP contribution in [0.25, 0.3) is 0 Å². The summed E-state index contributed by atoms with van der Waals surface area (Å²) in [4.78, 5) is 33.9. The highest BCUT2D eigenvalue weighted by Gasteiger charge is 2.17. The first-order valence-electron chi connectivity index (χ1n) is 6.05. The predicted molar refractivity (Wildman–Crippen MR) is 73.3 cm³/mol. The standard InChI is InChI=1S/C13H17N3O4/c1-15-12(19)8-4-2-3-5-10(8)16-13(20)9(14)6-7-11(17)18/h2-5,9H,6-7,14H2,1H3,(H,15,19)(H,16,20)(H,17,18). The number of rotatable bonds is 6. The first-order valence-corrected chi connectivity index (χ1v) is 6.05. The van der Waals surface area contributed by atoms with Crippen LogP contribution in [-0.2, 0) is 9.59 Å². The number of nitrogens with two attached hydrogens (primary N) is 1. The van der Waals surface area contributed by atoms with Crippen LogP contribution >= 0.6 is 0 Å². The molecule has 0 aromatic heterocycles. The molecule has 0 radical (unpaired) electrons. The zero-order valence-electron chi connectivity index (χ0n) is 11.1. The van der Waals surface area contributed by atoms with Crippen molar-refractivity contribution in [3.05, 3.63) is 29.8 Å². The molecule has 0 saturated carbocycles. The van der Waals surface area contributed by atoms with Crippen molar-refractivity contribution >= 4 is 23.5 Å². The van der Waals surface area contributed by atoms with Gasteiger partial charge in [-0.25, -0.2) is 0 Å². The third-order valence-corrected chi connectivity index (χ3v) is 2.66. The lowest BCUT2D eigenvalue weighted by Crippen LogP contribution is -2.36. The minimum atomic E-state index is -1.01. The van der Waals surface area contributed by atoms with Crippen molar-refractivity contribution in [2.75, 3.05) is 12.4 Å². The number of nitrogens with one attached hydrogen (secondary N) is 2. The van der Waals surface area contributed by atoms with E-state index >= 15 is 0 Å². The van der Waals surface area contributed by atoms with Crippen molar-refractivity contribution in [2.45, 2.75) is 18.9 Å². The summed E-state index contributed by atoms with van der Waals surface area (Å²) >= 11 is 0.